The number of hydrogen-bond donors (Lipinski definition) is 1. The van der Waals surface area contributed by atoms with Gasteiger partial charge in [-0.15, -0.1) is 0 Å². The van der Waals surface area contributed by atoms with Crippen LogP contribution in [0.3, 0.4) is 0 Å². The van der Waals surface area contributed by atoms with E-state index in [1.807, 2.05) is 0 Å². The second-order valence-corrected chi connectivity index (χ2v) is 23.1. The minimum absolute atomic E-state index is 0.0456. The summed E-state index contributed by atoms with van der Waals surface area (Å²) in [5.74, 6) is -6.53. The molecule has 6 bridgehead atoms. The van der Waals surface area contributed by atoms with Gasteiger partial charge < -0.3 is 18.9 Å². The number of fused-ring (bicyclic) bond motifs is 2. The van der Waals surface area contributed by atoms with Crippen molar-refractivity contribution in [2.75, 3.05) is 5.53 Å². The molecule has 0 saturated heterocycles. The number of alkyl halides is 12. The van der Waals surface area contributed by atoms with Gasteiger partial charge in [0, 0.05) is 27.9 Å². The molecule has 4 aliphatic heterocycles. The number of allylic oxidation sites excluding steroid dienone is 4. The predicted molar refractivity (Wildman–Crippen MR) is 349 cm³/mol. The Bertz CT molecular complexity index is 5450. The van der Waals surface area contributed by atoms with E-state index in [0.717, 1.165) is 60.7 Å². The molecule has 0 fully saturated rings. The number of aliphatic imine (C=N–C) groups is 2. The number of ether oxygens (including phenoxy) is 4. The van der Waals surface area contributed by atoms with Crippen molar-refractivity contribution in [1.82, 2.24) is 9.35 Å². The third-order valence-electron chi connectivity index (χ3n) is 16.8. The molecule has 508 valence electrons. The second-order valence-electron chi connectivity index (χ2n) is 23.1. The van der Waals surface area contributed by atoms with Crippen molar-refractivity contribution in [2.24, 2.45) is 9.98 Å². The first kappa shape index (κ1) is 66.4. The zero-order chi connectivity index (χ0) is 71.6. The van der Waals surface area contributed by atoms with Crippen LogP contribution in [0.4, 0.5) is 52.7 Å². The number of nitrogens with zero attached hydrogens (tertiary/aromatic N) is 4. The van der Waals surface area contributed by atoms with Crippen molar-refractivity contribution in [3.8, 4) is 17.2 Å². The highest BCUT2D eigenvalue weighted by Gasteiger charge is 2.39. The number of carbonyl (C=O) groups is 4. The van der Waals surface area contributed by atoms with Crippen LogP contribution in [-0.2, 0) is 36.0 Å². The number of nitrogens with one attached hydrogen (secondary N) is 1. The summed E-state index contributed by atoms with van der Waals surface area (Å²) in [6.07, 6.45) is -12.6. The molecule has 102 heavy (non-hydrogen) atoms. The van der Waals surface area contributed by atoms with Gasteiger partial charge in [-0.3, -0.25) is 0 Å². The van der Waals surface area contributed by atoms with Gasteiger partial charge in [-0.1, -0.05) is 103 Å². The summed E-state index contributed by atoms with van der Waals surface area (Å²) in [7, 11) is 0. The molecular formula is C77H43F12N5O8. The molecule has 0 unspecified atom stereocenters. The van der Waals surface area contributed by atoms with Crippen LogP contribution in [0.15, 0.2) is 264 Å². The summed E-state index contributed by atoms with van der Waals surface area (Å²) in [6, 6.07) is 47.4. The van der Waals surface area contributed by atoms with Crippen molar-refractivity contribution in [2.45, 2.75) is 31.3 Å². The zero-order valence-electron chi connectivity index (χ0n) is 51.9. The third kappa shape index (κ3) is 12.9. The standard InChI is InChI=1S/C77H43F12N5O8/c78-74(79,80)51-10-2-1-9-50(51)41-99-70(95)46-25-17-42(18-26-46)66-55-33-34-56(90-55)67(43-19-27-47(28-20-43)71(96)100-63-14-6-3-11-52(63)75(81,82)83)61-39-40-62-69(45-23-31-49(32-24-45)73(98)102-65-16-8-5-13-54(65)77(87,88)89)58-36-35-57(91-58)68(60-38-37-59(66)93(60)92-94(61)62)44-21-29-48(30-22-44)72(97)101-64-15-7-4-12-53(64)76(84,85)86/h1-40,92H,41H2. The summed E-state index contributed by atoms with van der Waals surface area (Å²) in [5, 5.41) is 0.719. The van der Waals surface area contributed by atoms with Crippen LogP contribution < -0.4 is 30.4 Å². The van der Waals surface area contributed by atoms with Crippen LogP contribution in [0.25, 0.3) is 22.3 Å². The molecule has 0 aliphatic carbocycles. The molecule has 13 nitrogen and oxygen atoms in total. The molecule has 2 aromatic heterocycles. The first-order chi connectivity index (χ1) is 48.7. The molecule has 0 radical (unpaired) electrons. The van der Waals surface area contributed by atoms with Gasteiger partial charge in [0.05, 0.1) is 89.4 Å². The fourth-order valence-electron chi connectivity index (χ4n) is 12.0. The topological polar surface area (TPSA) is 152 Å². The number of benzene rings is 8. The van der Waals surface area contributed by atoms with E-state index in [2.05, 4.69) is 5.53 Å². The Morgan fingerprint density at radius 2 is 0.647 bits per heavy atom. The van der Waals surface area contributed by atoms with E-state index in [4.69, 9.17) is 28.9 Å². The zero-order valence-corrected chi connectivity index (χ0v) is 51.9. The summed E-state index contributed by atoms with van der Waals surface area (Å²) in [6.45, 7) is -0.716. The predicted octanol–water partition coefficient (Wildman–Crippen LogP) is 16.4. The molecule has 14 rings (SSSR count). The molecule has 10 aromatic rings. The number of carbonyl (C=O) groups excluding carboxylic acids is 4. The van der Waals surface area contributed by atoms with Gasteiger partial charge in [-0.05, 0) is 162 Å². The highest BCUT2D eigenvalue weighted by Crippen LogP contribution is 2.43. The van der Waals surface area contributed by atoms with Crippen LogP contribution in [-0.4, -0.2) is 44.7 Å². The highest BCUT2D eigenvalue weighted by molar-refractivity contribution is 6.32. The van der Waals surface area contributed by atoms with Gasteiger partial charge >= 0.3 is 48.6 Å². The Morgan fingerprint density at radius 1 is 0.333 bits per heavy atom. The smallest absolute Gasteiger partial charge is 0.419 e. The van der Waals surface area contributed by atoms with Gasteiger partial charge in [0.1, 0.15) is 23.9 Å². The van der Waals surface area contributed by atoms with Crippen LogP contribution in [0.5, 0.6) is 17.2 Å². The first-order valence-corrected chi connectivity index (χ1v) is 30.6. The maximum absolute atomic E-state index is 14.1. The Balaban J connectivity index is 0.955. The SMILES string of the molecule is O=C(OCc1ccccc1C(F)(F)F)c1ccc(C2=c3ccc4n3Nn3c(ccc3C(c3ccc(C(=O)Oc5ccccc5C(F)(F)F)cc3)=C3C=CC(=N3)C=4c3ccc(C(=O)Oc4ccccc4C(F)(F)F)cc3)C(c3ccc(C(=O)Oc4ccccc4C(F)(F)F)cc3)=C3C=CC2=N3)cc1. The minimum Gasteiger partial charge on any atom is -0.457 e. The number of halogens is 12. The van der Waals surface area contributed by atoms with E-state index in [9.17, 15) is 71.9 Å². The molecule has 0 saturated carbocycles. The quantitative estimate of drug-likeness (QED) is 0.0675. The van der Waals surface area contributed by atoms with Crippen LogP contribution in [0, 0.1) is 0 Å². The lowest BCUT2D eigenvalue weighted by molar-refractivity contribution is -0.139. The summed E-state index contributed by atoms with van der Waals surface area (Å²) in [5.41, 5.74) is 3.18. The van der Waals surface area contributed by atoms with E-state index >= 15 is 0 Å². The molecule has 0 amide bonds. The third-order valence-corrected chi connectivity index (χ3v) is 16.8. The molecule has 0 atom stereocenters. The number of esters is 4. The number of hydrogen-bond acceptors (Lipinski definition) is 11. The molecule has 0 spiro atoms. The fraction of sp³-hybridized carbons (Fsp3) is 0.0649. The minimum atomic E-state index is -4.87. The van der Waals surface area contributed by atoms with Gasteiger partial charge in [-0.25, -0.2) is 44.0 Å². The normalized spacial score (nSPS) is 14.1. The lowest BCUT2D eigenvalue weighted by Gasteiger charge is -2.24. The summed E-state index contributed by atoms with van der Waals surface area (Å²) >= 11 is 0. The molecule has 25 heteroatoms. The second kappa shape index (κ2) is 25.8. The van der Waals surface area contributed by atoms with Crippen LogP contribution in [0.1, 0.15) is 103 Å². The Morgan fingerprint density at radius 3 is 1.00 bits per heavy atom. The molecule has 6 heterocycles. The first-order valence-electron chi connectivity index (χ1n) is 30.6. The number of para-hydroxylation sites is 3. The Hall–Kier alpha value is -12.8. The van der Waals surface area contributed by atoms with Gasteiger partial charge in [-0.2, -0.15) is 52.7 Å². The summed E-state index contributed by atoms with van der Waals surface area (Å²) in [4.78, 5) is 65.4. The monoisotopic (exact) mass is 1390 g/mol. The van der Waals surface area contributed by atoms with E-state index < -0.39 is 94.7 Å². The van der Waals surface area contributed by atoms with Crippen molar-refractivity contribution in [1.29, 1.82) is 0 Å². The largest absolute Gasteiger partial charge is 0.457 e. The van der Waals surface area contributed by atoms with Crippen molar-refractivity contribution >= 4 is 57.6 Å². The van der Waals surface area contributed by atoms with E-state index in [1.54, 1.807) is 70.1 Å². The molecule has 4 aliphatic rings. The average molecular weight is 1390 g/mol. The Labute approximate surface area is 568 Å². The lowest BCUT2D eigenvalue weighted by Crippen LogP contribution is -2.42. The summed E-state index contributed by atoms with van der Waals surface area (Å²) < 4.78 is 193. The van der Waals surface area contributed by atoms with Crippen molar-refractivity contribution in [3.05, 3.63) is 348 Å². The molecule has 8 aromatic carbocycles. The fourth-order valence-corrected chi connectivity index (χ4v) is 12.0. The molecule has 1 N–H and O–H groups in total. The Kier molecular flexibility index (Phi) is 16.8. The molecular weight excluding hydrogens is 1350 g/mol. The maximum Gasteiger partial charge on any atom is 0.419 e. The van der Waals surface area contributed by atoms with E-state index in [0.29, 0.717) is 89.4 Å². The number of aromatic nitrogens is 2. The number of rotatable bonds is 13. The van der Waals surface area contributed by atoms with E-state index in [-0.39, 0.29) is 27.8 Å². The average Bonchev–Trinajstić information content (AvgIpc) is 1.56. The lowest BCUT2D eigenvalue weighted by atomic mass is 9.99. The maximum atomic E-state index is 14.1. The van der Waals surface area contributed by atoms with Crippen LogP contribution in [0.2, 0.25) is 0 Å². The van der Waals surface area contributed by atoms with E-state index in [1.165, 1.54) is 121 Å². The van der Waals surface area contributed by atoms with Gasteiger partial charge in [0.25, 0.3) is 0 Å². The van der Waals surface area contributed by atoms with Gasteiger partial charge in [0.2, 0.25) is 0 Å². The van der Waals surface area contributed by atoms with Gasteiger partial charge in [0.15, 0.2) is 0 Å². The van der Waals surface area contributed by atoms with Crippen molar-refractivity contribution < 1.29 is 90.8 Å². The highest BCUT2D eigenvalue weighted by atomic mass is 19.4. The van der Waals surface area contributed by atoms with Crippen LogP contribution >= 0.6 is 0 Å². The van der Waals surface area contributed by atoms with Crippen molar-refractivity contribution in [3.63, 3.8) is 0 Å².